The Bertz CT molecular complexity index is 529. The van der Waals surface area contributed by atoms with Gasteiger partial charge in [-0.05, 0) is 31.0 Å². The summed E-state index contributed by atoms with van der Waals surface area (Å²) in [7, 11) is 1.69. The second-order valence-electron chi connectivity index (χ2n) is 4.05. The number of furan rings is 1. The van der Waals surface area contributed by atoms with Crippen LogP contribution in [0.25, 0.3) is 11.1 Å². The van der Waals surface area contributed by atoms with Gasteiger partial charge in [0.15, 0.2) is 0 Å². The van der Waals surface area contributed by atoms with Crippen molar-refractivity contribution >= 4 is 0 Å². The summed E-state index contributed by atoms with van der Waals surface area (Å²) in [4.78, 5) is 0. The summed E-state index contributed by atoms with van der Waals surface area (Å²) in [6, 6.07) is 6.06. The van der Waals surface area contributed by atoms with Gasteiger partial charge in [-0.3, -0.25) is 0 Å². The van der Waals surface area contributed by atoms with Crippen LogP contribution < -0.4 is 10.5 Å². The molecule has 0 amide bonds. The van der Waals surface area contributed by atoms with Crippen molar-refractivity contribution < 1.29 is 9.15 Å². The molecule has 3 nitrogen and oxygen atoms in total. The molecule has 0 spiro atoms. The summed E-state index contributed by atoms with van der Waals surface area (Å²) in [5.74, 6) is 1.67. The fraction of sp³-hybridized carbons (Fsp3) is 0.286. The van der Waals surface area contributed by atoms with Gasteiger partial charge in [-0.2, -0.15) is 0 Å². The van der Waals surface area contributed by atoms with Crippen molar-refractivity contribution in [3.63, 3.8) is 0 Å². The number of hydrogen-bond acceptors (Lipinski definition) is 3. The molecule has 0 radical (unpaired) electrons. The molecule has 1 heterocycles. The standard InChI is InChI=1S/C14H17NO2/c1-9-4-5-12(14(16-3)10(9)2)11-6-7-17-13(11)8-15/h4-7H,8,15H2,1-3H3. The highest BCUT2D eigenvalue weighted by Gasteiger charge is 2.14. The molecule has 0 aliphatic rings. The van der Waals surface area contributed by atoms with Gasteiger partial charge < -0.3 is 14.9 Å². The Morgan fingerprint density at radius 3 is 2.59 bits per heavy atom. The second-order valence-corrected chi connectivity index (χ2v) is 4.05. The zero-order valence-corrected chi connectivity index (χ0v) is 10.4. The van der Waals surface area contributed by atoms with E-state index in [1.54, 1.807) is 13.4 Å². The van der Waals surface area contributed by atoms with Crippen molar-refractivity contribution in [2.45, 2.75) is 20.4 Å². The lowest BCUT2D eigenvalue weighted by Gasteiger charge is -2.13. The minimum Gasteiger partial charge on any atom is -0.496 e. The maximum absolute atomic E-state index is 5.66. The number of ether oxygens (including phenoxy) is 1. The average molecular weight is 231 g/mol. The number of nitrogens with two attached hydrogens (primary N) is 1. The number of aryl methyl sites for hydroxylation is 1. The van der Waals surface area contributed by atoms with Crippen molar-refractivity contribution in [1.82, 2.24) is 0 Å². The Morgan fingerprint density at radius 2 is 1.94 bits per heavy atom. The van der Waals surface area contributed by atoms with E-state index in [0.29, 0.717) is 6.54 Å². The van der Waals surface area contributed by atoms with Crippen LogP contribution in [0.4, 0.5) is 0 Å². The van der Waals surface area contributed by atoms with E-state index < -0.39 is 0 Å². The van der Waals surface area contributed by atoms with Crippen LogP contribution in [-0.4, -0.2) is 7.11 Å². The number of hydrogen-bond donors (Lipinski definition) is 1. The molecule has 2 N–H and O–H groups in total. The first kappa shape index (κ1) is 11.7. The molecular formula is C14H17NO2. The van der Waals surface area contributed by atoms with Gasteiger partial charge in [0.25, 0.3) is 0 Å². The molecule has 90 valence electrons. The van der Waals surface area contributed by atoms with Gasteiger partial charge in [0.2, 0.25) is 0 Å². The van der Waals surface area contributed by atoms with E-state index >= 15 is 0 Å². The largest absolute Gasteiger partial charge is 0.496 e. The van der Waals surface area contributed by atoms with Crippen LogP contribution in [0, 0.1) is 13.8 Å². The molecule has 1 aromatic carbocycles. The van der Waals surface area contributed by atoms with Crippen LogP contribution in [0.15, 0.2) is 28.9 Å². The molecule has 1 aromatic heterocycles. The van der Waals surface area contributed by atoms with Crippen LogP contribution in [0.5, 0.6) is 5.75 Å². The topological polar surface area (TPSA) is 48.4 Å². The predicted molar refractivity (Wildman–Crippen MR) is 68.1 cm³/mol. The van der Waals surface area contributed by atoms with E-state index in [1.807, 2.05) is 12.1 Å². The summed E-state index contributed by atoms with van der Waals surface area (Å²) in [6.45, 7) is 4.51. The van der Waals surface area contributed by atoms with E-state index in [2.05, 4.69) is 19.9 Å². The summed E-state index contributed by atoms with van der Waals surface area (Å²) >= 11 is 0. The average Bonchev–Trinajstić information content (AvgIpc) is 2.80. The van der Waals surface area contributed by atoms with Crippen molar-refractivity contribution in [2.24, 2.45) is 5.73 Å². The van der Waals surface area contributed by atoms with E-state index in [4.69, 9.17) is 14.9 Å². The first-order valence-electron chi connectivity index (χ1n) is 5.60. The van der Waals surface area contributed by atoms with Gasteiger partial charge >= 0.3 is 0 Å². The first-order valence-corrected chi connectivity index (χ1v) is 5.60. The molecule has 0 saturated heterocycles. The lowest BCUT2D eigenvalue weighted by atomic mass is 9.99. The van der Waals surface area contributed by atoms with E-state index in [1.165, 1.54) is 5.56 Å². The highest BCUT2D eigenvalue weighted by molar-refractivity contribution is 5.74. The molecule has 17 heavy (non-hydrogen) atoms. The molecule has 0 aliphatic heterocycles. The molecule has 3 heteroatoms. The number of rotatable bonds is 3. The van der Waals surface area contributed by atoms with Gasteiger partial charge in [0.05, 0.1) is 19.9 Å². The summed E-state index contributed by atoms with van der Waals surface area (Å²) in [5, 5.41) is 0. The molecule has 0 aliphatic carbocycles. The van der Waals surface area contributed by atoms with E-state index in [9.17, 15) is 0 Å². The van der Waals surface area contributed by atoms with E-state index in [-0.39, 0.29) is 0 Å². The van der Waals surface area contributed by atoms with Gasteiger partial charge in [-0.25, -0.2) is 0 Å². The third-order valence-corrected chi connectivity index (χ3v) is 3.10. The van der Waals surface area contributed by atoms with Crippen LogP contribution in [0.3, 0.4) is 0 Å². The Balaban J connectivity index is 2.63. The summed E-state index contributed by atoms with van der Waals surface area (Å²) in [5.41, 5.74) is 10.1. The molecule has 0 saturated carbocycles. The third-order valence-electron chi connectivity index (χ3n) is 3.10. The number of methoxy groups -OCH3 is 1. The molecule has 0 unspecified atom stereocenters. The Kier molecular flexibility index (Phi) is 3.20. The van der Waals surface area contributed by atoms with Crippen LogP contribution in [0.2, 0.25) is 0 Å². The smallest absolute Gasteiger partial charge is 0.129 e. The Labute approximate surface area is 101 Å². The zero-order chi connectivity index (χ0) is 12.4. The SMILES string of the molecule is COc1c(-c2ccoc2CN)ccc(C)c1C. The lowest BCUT2D eigenvalue weighted by molar-refractivity contribution is 0.412. The minimum absolute atomic E-state index is 0.387. The zero-order valence-electron chi connectivity index (χ0n) is 10.4. The summed E-state index contributed by atoms with van der Waals surface area (Å²) < 4.78 is 10.9. The van der Waals surface area contributed by atoms with E-state index in [0.717, 1.165) is 28.2 Å². The molecule has 0 atom stereocenters. The minimum atomic E-state index is 0.387. The maximum Gasteiger partial charge on any atom is 0.129 e. The van der Waals surface area contributed by atoms with Crippen LogP contribution in [0.1, 0.15) is 16.9 Å². The molecule has 0 bridgehead atoms. The highest BCUT2D eigenvalue weighted by atomic mass is 16.5. The fourth-order valence-electron chi connectivity index (χ4n) is 2.00. The van der Waals surface area contributed by atoms with Gasteiger partial charge in [-0.15, -0.1) is 0 Å². The van der Waals surface area contributed by atoms with Crippen LogP contribution >= 0.6 is 0 Å². The quantitative estimate of drug-likeness (QED) is 0.883. The fourth-order valence-corrected chi connectivity index (χ4v) is 2.00. The van der Waals surface area contributed by atoms with Gasteiger partial charge in [0, 0.05) is 11.1 Å². The lowest BCUT2D eigenvalue weighted by Crippen LogP contribution is -1.98. The first-order chi connectivity index (χ1) is 8.19. The maximum atomic E-state index is 5.66. The van der Waals surface area contributed by atoms with Gasteiger partial charge in [-0.1, -0.05) is 12.1 Å². The predicted octanol–water partition coefficient (Wildman–Crippen LogP) is 3.03. The van der Waals surface area contributed by atoms with Crippen molar-refractivity contribution in [3.8, 4) is 16.9 Å². The third kappa shape index (κ3) is 1.94. The van der Waals surface area contributed by atoms with Crippen LogP contribution in [-0.2, 0) is 6.54 Å². The van der Waals surface area contributed by atoms with Crippen molar-refractivity contribution in [1.29, 1.82) is 0 Å². The van der Waals surface area contributed by atoms with Gasteiger partial charge in [0.1, 0.15) is 11.5 Å². The van der Waals surface area contributed by atoms with Crippen molar-refractivity contribution in [3.05, 3.63) is 41.3 Å². The molecule has 2 rings (SSSR count). The molecular weight excluding hydrogens is 214 g/mol. The normalized spacial score (nSPS) is 10.6. The highest BCUT2D eigenvalue weighted by Crippen LogP contribution is 2.36. The molecule has 0 fully saturated rings. The second kappa shape index (κ2) is 4.63. The monoisotopic (exact) mass is 231 g/mol. The number of benzene rings is 1. The molecule has 2 aromatic rings. The Morgan fingerprint density at radius 1 is 1.18 bits per heavy atom. The summed E-state index contributed by atoms with van der Waals surface area (Å²) in [6.07, 6.45) is 1.66. The Hall–Kier alpha value is -1.74. The van der Waals surface area contributed by atoms with Crippen molar-refractivity contribution in [2.75, 3.05) is 7.11 Å².